The van der Waals surface area contributed by atoms with Crippen LogP contribution in [0.4, 0.5) is 0 Å². The topological polar surface area (TPSA) is 30.5 Å². The lowest BCUT2D eigenvalue weighted by atomic mass is 10.0. The molecule has 3 heteroatoms. The first-order valence-electron chi connectivity index (χ1n) is 5.52. The van der Waals surface area contributed by atoms with Crippen LogP contribution in [0.15, 0.2) is 0 Å². The van der Waals surface area contributed by atoms with Crippen molar-refractivity contribution in [1.29, 1.82) is 0 Å². The van der Waals surface area contributed by atoms with Crippen LogP contribution in [0.25, 0.3) is 0 Å². The van der Waals surface area contributed by atoms with Crippen molar-refractivity contribution in [3.8, 4) is 0 Å². The highest BCUT2D eigenvalue weighted by Gasteiger charge is 2.21. The van der Waals surface area contributed by atoms with Crippen molar-refractivity contribution in [3.05, 3.63) is 0 Å². The van der Waals surface area contributed by atoms with E-state index in [0.29, 0.717) is 13.2 Å². The van der Waals surface area contributed by atoms with Crippen molar-refractivity contribution in [1.82, 2.24) is 5.32 Å². The van der Waals surface area contributed by atoms with E-state index in [1.54, 1.807) is 7.11 Å². The van der Waals surface area contributed by atoms with Crippen LogP contribution in [0.2, 0.25) is 0 Å². The number of hydrogen-bond donors (Lipinski definition) is 1. The second kappa shape index (κ2) is 8.21. The van der Waals surface area contributed by atoms with E-state index in [-0.39, 0.29) is 5.60 Å². The second-order valence-electron chi connectivity index (χ2n) is 3.82. The van der Waals surface area contributed by atoms with E-state index in [9.17, 15) is 0 Å². The van der Waals surface area contributed by atoms with Crippen LogP contribution in [0.5, 0.6) is 0 Å². The molecule has 86 valence electrons. The maximum atomic E-state index is 5.78. The molecular weight excluding hydrogens is 178 g/mol. The van der Waals surface area contributed by atoms with E-state index in [1.165, 1.54) is 0 Å². The Bertz CT molecular complexity index is 118. The lowest BCUT2D eigenvalue weighted by Crippen LogP contribution is -2.41. The van der Waals surface area contributed by atoms with Gasteiger partial charge in [0.15, 0.2) is 0 Å². The van der Waals surface area contributed by atoms with Crippen molar-refractivity contribution in [3.63, 3.8) is 0 Å². The van der Waals surface area contributed by atoms with Crippen LogP contribution in [0, 0.1) is 0 Å². The maximum absolute atomic E-state index is 5.78. The van der Waals surface area contributed by atoms with Gasteiger partial charge in [-0.2, -0.15) is 0 Å². The first-order chi connectivity index (χ1) is 6.68. The van der Waals surface area contributed by atoms with E-state index in [1.807, 2.05) is 0 Å². The first-order valence-corrected chi connectivity index (χ1v) is 5.52. The quantitative estimate of drug-likeness (QED) is 0.580. The van der Waals surface area contributed by atoms with Crippen molar-refractivity contribution in [2.24, 2.45) is 0 Å². The average molecular weight is 203 g/mol. The van der Waals surface area contributed by atoms with Crippen LogP contribution in [0.3, 0.4) is 0 Å². The molecule has 0 aromatic rings. The normalized spacial score (nSPS) is 15.4. The molecule has 0 fully saturated rings. The van der Waals surface area contributed by atoms with Gasteiger partial charge in [-0.25, -0.2) is 0 Å². The Balaban J connectivity index is 3.67. The molecule has 1 atom stereocenters. The van der Waals surface area contributed by atoms with E-state index < -0.39 is 0 Å². The number of ether oxygens (including phenoxy) is 2. The van der Waals surface area contributed by atoms with Gasteiger partial charge in [-0.15, -0.1) is 0 Å². The summed E-state index contributed by atoms with van der Waals surface area (Å²) >= 11 is 0. The molecule has 0 aromatic heterocycles. The van der Waals surface area contributed by atoms with Gasteiger partial charge in [-0.1, -0.05) is 13.8 Å². The number of nitrogens with one attached hydrogen (secondary N) is 1. The number of hydrogen-bond acceptors (Lipinski definition) is 3. The molecule has 0 aromatic carbocycles. The van der Waals surface area contributed by atoms with Crippen LogP contribution in [-0.2, 0) is 9.47 Å². The Labute approximate surface area is 88.2 Å². The first kappa shape index (κ1) is 13.9. The molecule has 1 N–H and O–H groups in total. The third-order valence-electron chi connectivity index (χ3n) is 2.41. The number of methoxy groups -OCH3 is 1. The summed E-state index contributed by atoms with van der Waals surface area (Å²) < 4.78 is 10.7. The molecule has 0 spiro atoms. The highest BCUT2D eigenvalue weighted by atomic mass is 16.5. The van der Waals surface area contributed by atoms with Crippen LogP contribution in [-0.4, -0.2) is 39.0 Å². The van der Waals surface area contributed by atoms with Crippen molar-refractivity contribution < 1.29 is 9.47 Å². The zero-order chi connectivity index (χ0) is 10.9. The van der Waals surface area contributed by atoms with Crippen LogP contribution in [0.1, 0.15) is 33.6 Å². The molecule has 0 aliphatic heterocycles. The molecule has 14 heavy (non-hydrogen) atoms. The molecule has 0 rings (SSSR count). The van der Waals surface area contributed by atoms with Gasteiger partial charge in [0.25, 0.3) is 0 Å². The summed E-state index contributed by atoms with van der Waals surface area (Å²) in [6.45, 7) is 9.79. The smallest absolute Gasteiger partial charge is 0.0776 e. The largest absolute Gasteiger partial charge is 0.382 e. The summed E-state index contributed by atoms with van der Waals surface area (Å²) in [4.78, 5) is 0. The monoisotopic (exact) mass is 203 g/mol. The lowest BCUT2D eigenvalue weighted by molar-refractivity contribution is -0.0518. The molecule has 0 amide bonds. The minimum Gasteiger partial charge on any atom is -0.382 e. The Morgan fingerprint density at radius 2 is 1.93 bits per heavy atom. The minimum atomic E-state index is -0.0479. The summed E-state index contributed by atoms with van der Waals surface area (Å²) in [5.74, 6) is 0. The molecule has 0 saturated carbocycles. The van der Waals surface area contributed by atoms with Gasteiger partial charge in [0.1, 0.15) is 0 Å². The fraction of sp³-hybridized carbons (Fsp3) is 1.00. The predicted molar refractivity (Wildman–Crippen MR) is 59.7 cm³/mol. The predicted octanol–water partition coefficient (Wildman–Crippen LogP) is 1.82. The fourth-order valence-electron chi connectivity index (χ4n) is 1.18. The van der Waals surface area contributed by atoms with E-state index >= 15 is 0 Å². The molecule has 0 saturated heterocycles. The van der Waals surface area contributed by atoms with Crippen LogP contribution >= 0.6 is 0 Å². The zero-order valence-electron chi connectivity index (χ0n) is 10.1. The molecule has 0 heterocycles. The van der Waals surface area contributed by atoms with Gasteiger partial charge >= 0.3 is 0 Å². The molecule has 1 unspecified atom stereocenters. The highest BCUT2D eigenvalue weighted by molar-refractivity contribution is 4.76. The van der Waals surface area contributed by atoms with E-state index in [0.717, 1.165) is 25.9 Å². The van der Waals surface area contributed by atoms with Gasteiger partial charge in [0, 0.05) is 13.7 Å². The summed E-state index contributed by atoms with van der Waals surface area (Å²) in [7, 11) is 1.70. The SMILES string of the molecule is CCCNCC(C)(CC)OCCOC. The molecule has 3 nitrogen and oxygen atoms in total. The summed E-state index contributed by atoms with van der Waals surface area (Å²) in [6.07, 6.45) is 2.19. The van der Waals surface area contributed by atoms with Gasteiger partial charge in [0.05, 0.1) is 18.8 Å². The standard InChI is InChI=1S/C11H25NO2/c1-5-7-12-10-11(3,6-2)14-9-8-13-4/h12H,5-10H2,1-4H3. The summed E-state index contributed by atoms with van der Waals surface area (Å²) in [6, 6.07) is 0. The van der Waals surface area contributed by atoms with Gasteiger partial charge in [-0.05, 0) is 26.3 Å². The Hall–Kier alpha value is -0.120. The molecule has 0 aliphatic carbocycles. The van der Waals surface area contributed by atoms with Crippen molar-refractivity contribution in [2.75, 3.05) is 33.4 Å². The fourth-order valence-corrected chi connectivity index (χ4v) is 1.18. The second-order valence-corrected chi connectivity index (χ2v) is 3.82. The molecule has 0 aliphatic rings. The molecule has 0 radical (unpaired) electrons. The molecule has 0 bridgehead atoms. The van der Waals surface area contributed by atoms with Gasteiger partial charge < -0.3 is 14.8 Å². The number of rotatable bonds is 9. The van der Waals surface area contributed by atoms with Crippen molar-refractivity contribution >= 4 is 0 Å². The minimum absolute atomic E-state index is 0.0479. The summed E-state index contributed by atoms with van der Waals surface area (Å²) in [5, 5.41) is 3.39. The van der Waals surface area contributed by atoms with Crippen molar-refractivity contribution in [2.45, 2.75) is 39.2 Å². The van der Waals surface area contributed by atoms with Crippen LogP contribution < -0.4 is 5.32 Å². The highest BCUT2D eigenvalue weighted by Crippen LogP contribution is 2.13. The maximum Gasteiger partial charge on any atom is 0.0776 e. The third-order valence-corrected chi connectivity index (χ3v) is 2.41. The Morgan fingerprint density at radius 1 is 1.21 bits per heavy atom. The Morgan fingerprint density at radius 3 is 2.43 bits per heavy atom. The van der Waals surface area contributed by atoms with Gasteiger partial charge in [0.2, 0.25) is 0 Å². The summed E-state index contributed by atoms with van der Waals surface area (Å²) in [5.41, 5.74) is -0.0479. The van der Waals surface area contributed by atoms with E-state index in [2.05, 4.69) is 26.1 Å². The van der Waals surface area contributed by atoms with Gasteiger partial charge in [-0.3, -0.25) is 0 Å². The average Bonchev–Trinajstić information content (AvgIpc) is 2.19. The molecular formula is C11H25NO2. The van der Waals surface area contributed by atoms with E-state index in [4.69, 9.17) is 9.47 Å². The zero-order valence-corrected chi connectivity index (χ0v) is 10.1. The third kappa shape index (κ3) is 6.35. The lowest BCUT2D eigenvalue weighted by Gasteiger charge is -2.29. The Kier molecular flexibility index (Phi) is 8.14.